The number of H-pyrrole nitrogens is 1. The fourth-order valence-corrected chi connectivity index (χ4v) is 2.17. The number of hydrogen-bond acceptors (Lipinski definition) is 1. The molecule has 22 heavy (non-hydrogen) atoms. The van der Waals surface area contributed by atoms with Crippen LogP contribution in [0.2, 0.25) is 0 Å². The van der Waals surface area contributed by atoms with Gasteiger partial charge in [-0.3, -0.25) is 4.98 Å². The maximum absolute atomic E-state index is 4.06. The summed E-state index contributed by atoms with van der Waals surface area (Å²) in [6.45, 7) is 8.00. The first-order chi connectivity index (χ1) is 10.9. The van der Waals surface area contributed by atoms with Crippen LogP contribution in [0, 0.1) is 0 Å². The molecule has 2 aromatic heterocycles. The molecule has 0 amide bonds. The summed E-state index contributed by atoms with van der Waals surface area (Å²) in [5.41, 5.74) is 4.74. The van der Waals surface area contributed by atoms with Crippen LogP contribution < -0.4 is 4.68 Å². The lowest BCUT2D eigenvalue weighted by molar-refractivity contribution is -0.716. The number of nitrogens with one attached hydrogen (secondary N) is 1. The van der Waals surface area contributed by atoms with Gasteiger partial charge >= 0.3 is 0 Å². The zero-order valence-electron chi connectivity index (χ0n) is 14.2. The molecule has 0 radical (unpaired) electrons. The Hall–Kier alpha value is -2.42. The largest absolute Gasteiger partial charge is 0.265 e. The number of rotatable bonds is 2. The first kappa shape index (κ1) is 17.6. The van der Waals surface area contributed by atoms with Crippen LogP contribution in [0.1, 0.15) is 27.7 Å². The van der Waals surface area contributed by atoms with E-state index in [1.807, 2.05) is 76.2 Å². The van der Waals surface area contributed by atoms with Gasteiger partial charge in [0.1, 0.15) is 0 Å². The minimum absolute atomic E-state index is 1.17. The molecule has 0 aliphatic rings. The molecular formula is C19H26N3+. The fraction of sp³-hybridized carbons (Fsp3) is 0.263. The van der Waals surface area contributed by atoms with Crippen molar-refractivity contribution in [3.63, 3.8) is 0 Å². The third kappa shape index (κ3) is 4.04. The number of benzene rings is 1. The zero-order chi connectivity index (χ0) is 16.4. The molecule has 1 aromatic carbocycles. The van der Waals surface area contributed by atoms with Gasteiger partial charge in [-0.05, 0) is 29.8 Å². The van der Waals surface area contributed by atoms with Crippen LogP contribution in [0.3, 0.4) is 0 Å². The average Bonchev–Trinajstić information content (AvgIpc) is 3.01. The molecule has 0 atom stereocenters. The van der Waals surface area contributed by atoms with Gasteiger partial charge in [-0.15, -0.1) is 4.68 Å². The molecule has 116 valence electrons. The summed E-state index contributed by atoms with van der Waals surface area (Å²) in [5.74, 6) is 0. The van der Waals surface area contributed by atoms with E-state index in [4.69, 9.17) is 0 Å². The van der Waals surface area contributed by atoms with Crippen molar-refractivity contribution >= 4 is 0 Å². The highest BCUT2D eigenvalue weighted by Crippen LogP contribution is 2.28. The van der Waals surface area contributed by atoms with Crippen LogP contribution >= 0.6 is 0 Å². The Morgan fingerprint density at radius 3 is 2.00 bits per heavy atom. The molecule has 0 spiro atoms. The van der Waals surface area contributed by atoms with Crippen molar-refractivity contribution in [3.8, 4) is 22.4 Å². The van der Waals surface area contributed by atoms with Crippen molar-refractivity contribution in [2.24, 2.45) is 7.05 Å². The Morgan fingerprint density at radius 1 is 0.818 bits per heavy atom. The lowest BCUT2D eigenvalue weighted by Gasteiger charge is -1.99. The molecule has 2 heterocycles. The van der Waals surface area contributed by atoms with E-state index in [1.54, 1.807) is 0 Å². The molecule has 3 aromatic rings. The Bertz CT molecular complexity index is 643. The number of aryl methyl sites for hydroxylation is 1. The smallest absolute Gasteiger partial charge is 0.245 e. The van der Waals surface area contributed by atoms with E-state index in [9.17, 15) is 0 Å². The highest BCUT2D eigenvalue weighted by atomic mass is 15.3. The molecule has 0 saturated carbocycles. The topological polar surface area (TPSA) is 32.6 Å². The van der Waals surface area contributed by atoms with E-state index >= 15 is 0 Å². The van der Waals surface area contributed by atoms with Gasteiger partial charge in [-0.2, -0.15) is 5.10 Å². The summed E-state index contributed by atoms with van der Waals surface area (Å²) < 4.78 is 2.03. The van der Waals surface area contributed by atoms with Crippen molar-refractivity contribution in [2.45, 2.75) is 27.7 Å². The molecule has 3 heteroatoms. The molecule has 0 bridgehead atoms. The van der Waals surface area contributed by atoms with Crippen LogP contribution in [-0.2, 0) is 7.05 Å². The molecule has 1 N–H and O–H groups in total. The number of aromatic amines is 1. The summed E-state index contributed by atoms with van der Waals surface area (Å²) >= 11 is 0. The molecule has 0 saturated heterocycles. The maximum Gasteiger partial charge on any atom is 0.245 e. The van der Waals surface area contributed by atoms with Gasteiger partial charge in [-0.1, -0.05) is 45.9 Å². The van der Waals surface area contributed by atoms with Gasteiger partial charge in [-0.25, -0.2) is 0 Å². The van der Waals surface area contributed by atoms with E-state index in [-0.39, 0.29) is 0 Å². The van der Waals surface area contributed by atoms with Gasteiger partial charge in [0.15, 0.2) is 7.05 Å². The summed E-state index contributed by atoms with van der Waals surface area (Å²) in [6.07, 6.45) is 5.66. The zero-order valence-corrected chi connectivity index (χ0v) is 14.2. The number of hydrogen-bond donors (Lipinski definition) is 1. The number of nitrogens with zero attached hydrogens (tertiary/aromatic N) is 2. The summed E-state index contributed by atoms with van der Waals surface area (Å²) in [5, 5.41) is 3.23. The molecular weight excluding hydrogens is 270 g/mol. The van der Waals surface area contributed by atoms with Crippen molar-refractivity contribution in [2.75, 3.05) is 0 Å². The first-order valence-corrected chi connectivity index (χ1v) is 7.89. The van der Waals surface area contributed by atoms with Crippen molar-refractivity contribution in [3.05, 3.63) is 61.1 Å². The summed E-state index contributed by atoms with van der Waals surface area (Å²) in [6, 6.07) is 14.4. The van der Waals surface area contributed by atoms with E-state index in [0.717, 1.165) is 0 Å². The predicted molar refractivity (Wildman–Crippen MR) is 93.3 cm³/mol. The van der Waals surface area contributed by atoms with E-state index in [2.05, 4.69) is 34.3 Å². The molecule has 0 fully saturated rings. The molecule has 0 aliphatic carbocycles. The van der Waals surface area contributed by atoms with Crippen molar-refractivity contribution in [1.29, 1.82) is 0 Å². The van der Waals surface area contributed by atoms with Crippen LogP contribution in [0.4, 0.5) is 0 Å². The Labute approximate surface area is 133 Å². The minimum Gasteiger partial charge on any atom is -0.265 e. The SMILES string of the molecule is CC.CC.C[n+]1[nH]cc(-c2ccncc2)c1-c1ccccc1. The molecule has 3 nitrogen and oxygen atoms in total. The number of aromatic nitrogens is 3. The van der Waals surface area contributed by atoms with Gasteiger partial charge in [0.05, 0.1) is 11.8 Å². The Morgan fingerprint density at radius 2 is 1.41 bits per heavy atom. The third-order valence-electron chi connectivity index (χ3n) is 3.03. The van der Waals surface area contributed by atoms with Crippen LogP contribution in [0.15, 0.2) is 61.1 Å². The monoisotopic (exact) mass is 296 g/mol. The lowest BCUT2D eigenvalue weighted by atomic mass is 10.0. The van der Waals surface area contributed by atoms with Crippen molar-refractivity contribution < 1.29 is 4.68 Å². The second-order valence-electron chi connectivity index (χ2n) is 4.20. The third-order valence-corrected chi connectivity index (χ3v) is 3.03. The Kier molecular flexibility index (Phi) is 7.62. The van der Waals surface area contributed by atoms with Crippen LogP contribution in [0.5, 0.6) is 0 Å². The normalized spacial score (nSPS) is 9.14. The van der Waals surface area contributed by atoms with Gasteiger partial charge in [0.2, 0.25) is 5.69 Å². The first-order valence-electron chi connectivity index (χ1n) is 7.89. The molecule has 0 unspecified atom stereocenters. The summed E-state index contributed by atoms with van der Waals surface area (Å²) in [7, 11) is 2.02. The number of pyridine rings is 1. The highest BCUT2D eigenvalue weighted by molar-refractivity contribution is 5.77. The predicted octanol–water partition coefficient (Wildman–Crippen LogP) is 4.62. The maximum atomic E-state index is 4.06. The quantitative estimate of drug-likeness (QED) is 0.688. The standard InChI is InChI=1S/C15H13N3.2C2H6/c1-18-15(13-5-3-2-4-6-13)14(11-17-18)12-7-9-16-10-8-12;2*1-2/h2-11H,1H3;2*1-2H3/p+1. The van der Waals surface area contributed by atoms with Crippen LogP contribution in [-0.4, -0.2) is 10.1 Å². The second-order valence-corrected chi connectivity index (χ2v) is 4.20. The van der Waals surface area contributed by atoms with E-state index < -0.39 is 0 Å². The van der Waals surface area contributed by atoms with Crippen molar-refractivity contribution in [1.82, 2.24) is 10.1 Å². The summed E-state index contributed by atoms with van der Waals surface area (Å²) in [4.78, 5) is 4.06. The second kappa shape index (κ2) is 9.50. The average molecular weight is 296 g/mol. The Balaban J connectivity index is 0.000000561. The lowest BCUT2D eigenvalue weighted by Crippen LogP contribution is -2.31. The molecule has 0 aliphatic heterocycles. The fourth-order valence-electron chi connectivity index (χ4n) is 2.17. The highest BCUT2D eigenvalue weighted by Gasteiger charge is 2.19. The minimum atomic E-state index is 1.17. The van der Waals surface area contributed by atoms with Gasteiger partial charge in [0, 0.05) is 18.0 Å². The van der Waals surface area contributed by atoms with Gasteiger partial charge in [0.25, 0.3) is 0 Å². The van der Waals surface area contributed by atoms with E-state index in [0.29, 0.717) is 0 Å². The van der Waals surface area contributed by atoms with Gasteiger partial charge < -0.3 is 0 Å². The van der Waals surface area contributed by atoms with E-state index in [1.165, 1.54) is 22.4 Å². The van der Waals surface area contributed by atoms with Crippen LogP contribution in [0.25, 0.3) is 22.4 Å². The molecule has 3 rings (SSSR count).